The van der Waals surface area contributed by atoms with Crippen LogP contribution in [-0.4, -0.2) is 70.3 Å². The predicted molar refractivity (Wildman–Crippen MR) is 161 cm³/mol. The number of carbonyl (C=O) groups is 3. The number of piperidine rings is 1. The molecule has 9 nitrogen and oxygen atoms in total. The standard InChI is InChI=1S/C30H32ClN5O4.ClH/c31-22-12-13-26(32-19-22)33-29(39)24-5-3-7-25(37)27(24)34-28(38)21-10-8-20(9-11-21)23-6-4-16-36(30(23)40)18-17-35-14-1-2-15-35;/h3,5,7-13,19,23,37H,1-2,4,6,14-18H2,(H,34,38)(H,32,33,39);1H. The third kappa shape index (κ3) is 7.35. The molecule has 41 heavy (non-hydrogen) atoms. The van der Waals surface area contributed by atoms with Crippen molar-refractivity contribution in [2.45, 2.75) is 31.6 Å². The molecule has 0 bridgehead atoms. The van der Waals surface area contributed by atoms with E-state index in [2.05, 4.69) is 20.5 Å². The number of amides is 3. The number of nitrogens with one attached hydrogen (secondary N) is 2. The molecule has 2 saturated heterocycles. The van der Waals surface area contributed by atoms with E-state index in [4.69, 9.17) is 11.6 Å². The van der Waals surface area contributed by atoms with Crippen LogP contribution in [0, 0.1) is 0 Å². The van der Waals surface area contributed by atoms with Crippen LogP contribution < -0.4 is 10.6 Å². The Kier molecular flexibility index (Phi) is 10.2. The number of nitrogens with zero attached hydrogens (tertiary/aromatic N) is 3. The summed E-state index contributed by atoms with van der Waals surface area (Å²) in [5.74, 6) is -1.10. The van der Waals surface area contributed by atoms with Crippen molar-refractivity contribution in [3.63, 3.8) is 0 Å². The normalized spacial score (nSPS) is 17.1. The van der Waals surface area contributed by atoms with Crippen LogP contribution in [0.5, 0.6) is 5.75 Å². The van der Waals surface area contributed by atoms with Gasteiger partial charge in [0.15, 0.2) is 0 Å². The Hall–Kier alpha value is -3.66. The molecular weight excluding hydrogens is 565 g/mol. The van der Waals surface area contributed by atoms with Crippen molar-refractivity contribution < 1.29 is 19.5 Å². The lowest BCUT2D eigenvalue weighted by atomic mass is 9.89. The summed E-state index contributed by atoms with van der Waals surface area (Å²) in [6.07, 6.45) is 5.59. The van der Waals surface area contributed by atoms with Crippen molar-refractivity contribution in [1.29, 1.82) is 0 Å². The second-order valence-corrected chi connectivity index (χ2v) is 10.6. The number of para-hydroxylation sites is 1. The van der Waals surface area contributed by atoms with Crippen LogP contribution in [0.3, 0.4) is 0 Å². The van der Waals surface area contributed by atoms with Gasteiger partial charge in [0.05, 0.1) is 22.2 Å². The highest BCUT2D eigenvalue weighted by molar-refractivity contribution is 6.30. The van der Waals surface area contributed by atoms with Crippen LogP contribution in [0.25, 0.3) is 0 Å². The smallest absolute Gasteiger partial charge is 0.259 e. The van der Waals surface area contributed by atoms with Gasteiger partial charge in [-0.2, -0.15) is 0 Å². The molecule has 0 saturated carbocycles. The average Bonchev–Trinajstić information content (AvgIpc) is 3.49. The second kappa shape index (κ2) is 13.8. The van der Waals surface area contributed by atoms with Crippen LogP contribution in [0.1, 0.15) is 57.9 Å². The van der Waals surface area contributed by atoms with E-state index in [1.807, 2.05) is 17.0 Å². The zero-order chi connectivity index (χ0) is 28.1. The molecule has 216 valence electrons. The maximum absolute atomic E-state index is 13.2. The van der Waals surface area contributed by atoms with Crippen LogP contribution in [0.4, 0.5) is 11.5 Å². The molecule has 11 heteroatoms. The molecule has 2 aromatic carbocycles. The van der Waals surface area contributed by atoms with Crippen molar-refractivity contribution in [2.75, 3.05) is 43.4 Å². The number of benzene rings is 2. The first kappa shape index (κ1) is 30.3. The molecule has 3 amide bonds. The van der Waals surface area contributed by atoms with Crippen LogP contribution in [0.15, 0.2) is 60.8 Å². The van der Waals surface area contributed by atoms with E-state index < -0.39 is 11.8 Å². The van der Waals surface area contributed by atoms with Gasteiger partial charge in [0, 0.05) is 31.4 Å². The van der Waals surface area contributed by atoms with Gasteiger partial charge in [-0.1, -0.05) is 29.8 Å². The van der Waals surface area contributed by atoms with Crippen molar-refractivity contribution in [1.82, 2.24) is 14.8 Å². The Balaban J connectivity index is 0.00000387. The lowest BCUT2D eigenvalue weighted by molar-refractivity contribution is -0.135. The molecule has 3 N–H and O–H groups in total. The minimum absolute atomic E-state index is 0. The molecular formula is C30H33Cl2N5O4. The molecule has 2 aliphatic rings. The fourth-order valence-corrected chi connectivity index (χ4v) is 5.40. The summed E-state index contributed by atoms with van der Waals surface area (Å²) in [4.78, 5) is 47.7. The van der Waals surface area contributed by atoms with Crippen molar-refractivity contribution in [3.8, 4) is 5.75 Å². The summed E-state index contributed by atoms with van der Waals surface area (Å²) in [6.45, 7) is 4.68. The highest BCUT2D eigenvalue weighted by atomic mass is 35.5. The molecule has 0 aliphatic carbocycles. The minimum Gasteiger partial charge on any atom is -0.506 e. The van der Waals surface area contributed by atoms with Gasteiger partial charge < -0.3 is 25.5 Å². The summed E-state index contributed by atoms with van der Waals surface area (Å²) in [6, 6.07) is 14.5. The largest absolute Gasteiger partial charge is 0.506 e. The Labute approximate surface area is 250 Å². The summed E-state index contributed by atoms with van der Waals surface area (Å²) in [5.41, 5.74) is 1.28. The number of phenolic OH excluding ortho intramolecular Hbond substituents is 1. The zero-order valence-electron chi connectivity index (χ0n) is 22.5. The maximum Gasteiger partial charge on any atom is 0.259 e. The van der Waals surface area contributed by atoms with Gasteiger partial charge in [-0.15, -0.1) is 12.4 Å². The maximum atomic E-state index is 13.2. The predicted octanol–water partition coefficient (Wildman–Crippen LogP) is 5.17. The van der Waals surface area contributed by atoms with Gasteiger partial charge in [-0.25, -0.2) is 4.98 Å². The topological polar surface area (TPSA) is 115 Å². The number of hydrogen-bond donors (Lipinski definition) is 3. The molecule has 1 unspecified atom stereocenters. The molecule has 0 spiro atoms. The first-order valence-corrected chi connectivity index (χ1v) is 13.9. The van der Waals surface area contributed by atoms with E-state index in [0.717, 1.165) is 51.1 Å². The third-order valence-electron chi connectivity index (χ3n) is 7.49. The molecule has 2 fully saturated rings. The third-order valence-corrected chi connectivity index (χ3v) is 7.71. The summed E-state index contributed by atoms with van der Waals surface area (Å²) < 4.78 is 0. The highest BCUT2D eigenvalue weighted by Gasteiger charge is 2.30. The SMILES string of the molecule is Cl.O=C(Nc1c(O)cccc1C(=O)Nc1ccc(Cl)cn1)c1ccc(C2CCCN(CCN3CCCC3)C2=O)cc1. The molecule has 1 aromatic heterocycles. The number of aromatic hydroxyl groups is 1. The van der Waals surface area contributed by atoms with Gasteiger partial charge >= 0.3 is 0 Å². The molecule has 3 heterocycles. The number of phenols is 1. The Morgan fingerprint density at radius 2 is 1.68 bits per heavy atom. The average molecular weight is 599 g/mol. The van der Waals surface area contributed by atoms with Crippen molar-refractivity contribution in [3.05, 3.63) is 82.5 Å². The number of carbonyl (C=O) groups excluding carboxylic acids is 3. The fraction of sp³-hybridized carbons (Fsp3) is 0.333. The Morgan fingerprint density at radius 1 is 0.927 bits per heavy atom. The van der Waals surface area contributed by atoms with Crippen LogP contribution in [-0.2, 0) is 4.79 Å². The molecule has 0 radical (unpaired) electrons. The van der Waals surface area contributed by atoms with Gasteiger partial charge in [0.25, 0.3) is 11.8 Å². The van der Waals surface area contributed by atoms with E-state index in [0.29, 0.717) is 10.6 Å². The number of aromatic nitrogens is 1. The van der Waals surface area contributed by atoms with Gasteiger partial charge in [-0.3, -0.25) is 14.4 Å². The fourth-order valence-electron chi connectivity index (χ4n) is 5.29. The van der Waals surface area contributed by atoms with E-state index >= 15 is 0 Å². The minimum atomic E-state index is -0.554. The second-order valence-electron chi connectivity index (χ2n) is 10.2. The van der Waals surface area contributed by atoms with Crippen molar-refractivity contribution in [2.24, 2.45) is 0 Å². The Bertz CT molecular complexity index is 1380. The van der Waals surface area contributed by atoms with Crippen LogP contribution >= 0.6 is 24.0 Å². The highest BCUT2D eigenvalue weighted by Crippen LogP contribution is 2.30. The van der Waals surface area contributed by atoms with Gasteiger partial charge in [0.2, 0.25) is 5.91 Å². The molecule has 3 aromatic rings. The molecule has 2 aliphatic heterocycles. The number of anilines is 2. The summed E-state index contributed by atoms with van der Waals surface area (Å²) in [7, 11) is 0. The quantitative estimate of drug-likeness (QED) is 0.309. The molecule has 1 atom stereocenters. The Morgan fingerprint density at radius 3 is 2.39 bits per heavy atom. The lowest BCUT2D eigenvalue weighted by Crippen LogP contribution is -2.43. The van der Waals surface area contributed by atoms with E-state index in [1.165, 1.54) is 37.2 Å². The van der Waals surface area contributed by atoms with E-state index in [-0.39, 0.29) is 47.1 Å². The summed E-state index contributed by atoms with van der Waals surface area (Å²) >= 11 is 5.85. The van der Waals surface area contributed by atoms with Gasteiger partial charge in [0.1, 0.15) is 11.6 Å². The first-order valence-electron chi connectivity index (χ1n) is 13.6. The number of halogens is 2. The summed E-state index contributed by atoms with van der Waals surface area (Å²) in [5, 5.41) is 16.2. The monoisotopic (exact) mass is 597 g/mol. The number of pyridine rings is 1. The van der Waals surface area contributed by atoms with Crippen molar-refractivity contribution >= 4 is 53.2 Å². The lowest BCUT2D eigenvalue weighted by Gasteiger charge is -2.33. The number of hydrogen-bond acceptors (Lipinski definition) is 6. The van der Waals surface area contributed by atoms with Crippen LogP contribution in [0.2, 0.25) is 5.02 Å². The number of rotatable bonds is 8. The molecule has 5 rings (SSSR count). The van der Waals surface area contributed by atoms with E-state index in [1.54, 1.807) is 24.3 Å². The zero-order valence-corrected chi connectivity index (χ0v) is 24.1. The number of likely N-dealkylation sites (tertiary alicyclic amines) is 2. The van der Waals surface area contributed by atoms with Gasteiger partial charge in [-0.05, 0) is 80.7 Å². The van der Waals surface area contributed by atoms with E-state index in [9.17, 15) is 19.5 Å². The first-order chi connectivity index (χ1) is 19.4.